The summed E-state index contributed by atoms with van der Waals surface area (Å²) in [6.07, 6.45) is -1.01. The van der Waals surface area contributed by atoms with Crippen LogP contribution < -0.4 is 51.4 Å². The zero-order chi connectivity index (χ0) is 19.7. The summed E-state index contributed by atoms with van der Waals surface area (Å²) in [7, 11) is 0. The fraction of sp³-hybridized carbons (Fsp3) is 0.833. The second kappa shape index (κ2) is 12.8. The van der Waals surface area contributed by atoms with E-state index in [1.807, 2.05) is 13.8 Å². The molecule has 4 fully saturated rings. The third-order valence-corrected chi connectivity index (χ3v) is 4.62. The van der Waals surface area contributed by atoms with Crippen molar-refractivity contribution in [3.8, 4) is 0 Å². The molecule has 4 rings (SSSR count). The molecule has 0 spiro atoms. The standard InChI is InChI=1S/C7H10O4.C7H10O3S.C2H4OS.2CH4.K/c1-7(2)10-4-3-9-6(8)5(4)11-7;1-7(2)9-4-3-11-6(8)5(4)10-7;1-2(3)4;;;/h2*4-5H,3H2,1-2H3;1H3,(H,3,4);2*1H4;/q;;;;;+1/p-1/t2*4?,5-;;;;/m00..../s1. The average Bonchev–Trinajstić information content (AvgIpc) is 3.15. The van der Waals surface area contributed by atoms with Crippen LogP contribution in [-0.4, -0.2) is 64.5 Å². The quantitative estimate of drug-likeness (QED) is 0.250. The Morgan fingerprint density at radius 2 is 1.41 bits per heavy atom. The Bertz CT molecular complexity index is 536. The van der Waals surface area contributed by atoms with Crippen molar-refractivity contribution in [2.24, 2.45) is 0 Å². The maximum Gasteiger partial charge on any atom is 1.00 e. The van der Waals surface area contributed by atoms with E-state index in [-0.39, 0.29) is 101 Å². The normalized spacial score (nSPS) is 31.8. The smallest absolute Gasteiger partial charge is 0.742 e. The summed E-state index contributed by atoms with van der Waals surface area (Å²) in [6, 6.07) is 0. The Hall–Kier alpha value is 0.856. The van der Waals surface area contributed by atoms with Crippen LogP contribution in [0.5, 0.6) is 0 Å². The molecular formula is C18H31KO8S2. The number of rotatable bonds is 0. The average molecular weight is 479 g/mol. The molecule has 164 valence electrons. The first-order valence-electron chi connectivity index (χ1n) is 8.12. The molecule has 4 aliphatic rings. The van der Waals surface area contributed by atoms with Crippen LogP contribution in [0.25, 0.3) is 0 Å². The number of fused-ring (bicyclic) bond motifs is 2. The molecule has 4 aliphatic heterocycles. The predicted molar refractivity (Wildman–Crippen MR) is 108 cm³/mol. The van der Waals surface area contributed by atoms with Crippen molar-refractivity contribution in [1.29, 1.82) is 0 Å². The van der Waals surface area contributed by atoms with Crippen molar-refractivity contribution in [1.82, 2.24) is 0 Å². The van der Waals surface area contributed by atoms with Gasteiger partial charge in [0.1, 0.15) is 18.8 Å². The molecular weight excluding hydrogens is 447 g/mol. The van der Waals surface area contributed by atoms with Gasteiger partial charge in [-0.2, -0.15) is 0 Å². The van der Waals surface area contributed by atoms with Crippen molar-refractivity contribution in [2.75, 3.05) is 12.4 Å². The molecule has 0 radical (unpaired) electrons. The summed E-state index contributed by atoms with van der Waals surface area (Å²) in [4.78, 5) is 31.3. The van der Waals surface area contributed by atoms with E-state index >= 15 is 0 Å². The Kier molecular flexibility index (Phi) is 14.1. The molecule has 0 N–H and O–H groups in total. The molecule has 4 atom stereocenters. The van der Waals surface area contributed by atoms with E-state index in [0.29, 0.717) is 6.61 Å². The molecule has 8 nitrogen and oxygen atoms in total. The number of esters is 1. The first-order chi connectivity index (χ1) is 11.9. The second-order valence-electron chi connectivity index (χ2n) is 6.94. The number of carbonyl (C=O) groups is 3. The molecule has 0 amide bonds. The van der Waals surface area contributed by atoms with Crippen molar-refractivity contribution < 1.29 is 89.5 Å². The van der Waals surface area contributed by atoms with Crippen LogP contribution in [0.15, 0.2) is 0 Å². The number of cyclic esters (lactones) is 1. The Morgan fingerprint density at radius 3 is 1.86 bits per heavy atom. The molecule has 11 heteroatoms. The first-order valence-corrected chi connectivity index (χ1v) is 9.52. The number of hydrogen-bond acceptors (Lipinski definition) is 10. The van der Waals surface area contributed by atoms with Gasteiger partial charge in [0.15, 0.2) is 23.8 Å². The molecule has 0 bridgehead atoms. The van der Waals surface area contributed by atoms with Crippen molar-refractivity contribution in [2.45, 2.75) is 85.5 Å². The molecule has 4 heterocycles. The van der Waals surface area contributed by atoms with E-state index < -0.39 is 17.7 Å². The van der Waals surface area contributed by atoms with Crippen LogP contribution in [0.4, 0.5) is 0 Å². The molecule has 2 unspecified atom stereocenters. The van der Waals surface area contributed by atoms with Gasteiger partial charge in [-0.05, 0) is 34.6 Å². The predicted octanol–water partition coefficient (Wildman–Crippen LogP) is -0.801. The van der Waals surface area contributed by atoms with E-state index in [4.69, 9.17) is 23.7 Å². The van der Waals surface area contributed by atoms with Gasteiger partial charge in [-0.1, -0.05) is 26.6 Å². The van der Waals surface area contributed by atoms with Crippen LogP contribution in [0, 0.1) is 0 Å². The summed E-state index contributed by atoms with van der Waals surface area (Å²) in [5.74, 6) is -0.756. The van der Waals surface area contributed by atoms with Crippen LogP contribution in [-0.2, 0) is 50.7 Å². The zero-order valence-electron chi connectivity index (χ0n) is 16.3. The summed E-state index contributed by atoms with van der Waals surface area (Å²) in [5.41, 5.74) is 0. The van der Waals surface area contributed by atoms with Crippen LogP contribution >= 0.6 is 11.8 Å². The molecule has 4 saturated heterocycles. The number of carbonyl (C=O) groups excluding carboxylic acids is 3. The van der Waals surface area contributed by atoms with Gasteiger partial charge in [0.2, 0.25) is 5.12 Å². The van der Waals surface area contributed by atoms with Gasteiger partial charge >= 0.3 is 57.4 Å². The van der Waals surface area contributed by atoms with E-state index in [1.54, 1.807) is 13.8 Å². The van der Waals surface area contributed by atoms with Gasteiger partial charge in [-0.25, -0.2) is 4.79 Å². The molecule has 0 saturated carbocycles. The van der Waals surface area contributed by atoms with Gasteiger partial charge in [0, 0.05) is 10.9 Å². The van der Waals surface area contributed by atoms with E-state index in [2.05, 4.69) is 12.6 Å². The maximum absolute atomic E-state index is 11.1. The third-order valence-electron chi connectivity index (χ3n) is 3.61. The Morgan fingerprint density at radius 1 is 0.966 bits per heavy atom. The minimum Gasteiger partial charge on any atom is -0.742 e. The minimum absolute atomic E-state index is 0. The largest absolute Gasteiger partial charge is 1.00 e. The Balaban J connectivity index is 0. The van der Waals surface area contributed by atoms with E-state index in [1.165, 1.54) is 18.7 Å². The number of thioether (sulfide) groups is 1. The van der Waals surface area contributed by atoms with Gasteiger partial charge in [-0.15, -0.1) is 0 Å². The maximum atomic E-state index is 11.1. The summed E-state index contributed by atoms with van der Waals surface area (Å²) in [5, 5.41) is -0.138. The molecule has 0 aromatic rings. The van der Waals surface area contributed by atoms with Gasteiger partial charge < -0.3 is 41.1 Å². The SMILES string of the molecule is C.C.CC(=O)[S-].CC1(C)OC2COC(=O)[C@H]2O1.CC1(C)OC2CSC(=O)[C@H]2O1.[K+]. The van der Waals surface area contributed by atoms with Crippen molar-refractivity contribution >= 4 is 40.6 Å². The van der Waals surface area contributed by atoms with Gasteiger partial charge in [0.05, 0.1) is 0 Å². The fourth-order valence-corrected chi connectivity index (χ4v) is 3.74. The van der Waals surface area contributed by atoms with Crippen molar-refractivity contribution in [3.05, 3.63) is 0 Å². The van der Waals surface area contributed by atoms with Gasteiger partial charge in [0.25, 0.3) is 0 Å². The fourth-order valence-electron chi connectivity index (χ4n) is 2.81. The van der Waals surface area contributed by atoms with Crippen LogP contribution in [0.3, 0.4) is 0 Å². The third kappa shape index (κ3) is 9.48. The van der Waals surface area contributed by atoms with Gasteiger partial charge in [-0.3, -0.25) is 4.79 Å². The van der Waals surface area contributed by atoms with E-state index in [0.717, 1.165) is 5.75 Å². The summed E-state index contributed by atoms with van der Waals surface area (Å²) >= 11 is 5.28. The molecule has 0 aromatic heterocycles. The number of hydrogen-bond donors (Lipinski definition) is 0. The summed E-state index contributed by atoms with van der Waals surface area (Å²) < 4.78 is 26.3. The van der Waals surface area contributed by atoms with Crippen molar-refractivity contribution in [3.63, 3.8) is 0 Å². The minimum atomic E-state index is -0.630. The number of ether oxygens (including phenoxy) is 5. The van der Waals surface area contributed by atoms with E-state index in [9.17, 15) is 14.4 Å². The zero-order valence-corrected chi connectivity index (χ0v) is 21.1. The molecule has 0 aromatic carbocycles. The Labute approximate surface area is 225 Å². The van der Waals surface area contributed by atoms with Crippen LogP contribution in [0.1, 0.15) is 49.5 Å². The van der Waals surface area contributed by atoms with Crippen LogP contribution in [0.2, 0.25) is 0 Å². The molecule has 29 heavy (non-hydrogen) atoms. The molecule has 0 aliphatic carbocycles. The summed E-state index contributed by atoms with van der Waals surface area (Å²) in [6.45, 7) is 8.92. The topological polar surface area (TPSA) is 97.4 Å². The monoisotopic (exact) mass is 478 g/mol. The first kappa shape index (κ1) is 32.0. The second-order valence-corrected chi connectivity index (χ2v) is 8.54.